The maximum Gasteiger partial charge on any atom is 0.205 e. The van der Waals surface area contributed by atoms with Gasteiger partial charge in [-0.05, 0) is 25.7 Å². The van der Waals surface area contributed by atoms with Crippen molar-refractivity contribution in [1.82, 2.24) is 9.36 Å². The molecule has 0 radical (unpaired) electrons. The average Bonchev–Trinajstić information content (AvgIpc) is 2.82. The summed E-state index contributed by atoms with van der Waals surface area (Å²) in [6, 6.07) is 0.966. The summed E-state index contributed by atoms with van der Waals surface area (Å²) in [6.45, 7) is 4.25. The SMILES string of the molecule is CC(C)c1nsc(N2C3CCC2CC(O)C3)n1. The fourth-order valence-electron chi connectivity index (χ4n) is 3.03. The van der Waals surface area contributed by atoms with Gasteiger partial charge in [0.05, 0.1) is 6.10 Å². The third kappa shape index (κ3) is 1.95. The Hall–Kier alpha value is -0.680. The molecule has 0 aromatic carbocycles. The number of anilines is 1. The molecular weight excluding hydrogens is 234 g/mol. The van der Waals surface area contributed by atoms with Gasteiger partial charge in [-0.1, -0.05) is 13.8 Å². The first-order chi connectivity index (χ1) is 8.15. The summed E-state index contributed by atoms with van der Waals surface area (Å²) < 4.78 is 4.43. The summed E-state index contributed by atoms with van der Waals surface area (Å²) >= 11 is 1.52. The van der Waals surface area contributed by atoms with Crippen LogP contribution >= 0.6 is 11.5 Å². The maximum absolute atomic E-state index is 9.79. The van der Waals surface area contributed by atoms with Crippen LogP contribution in [0.5, 0.6) is 0 Å². The molecule has 2 unspecified atom stereocenters. The Morgan fingerprint density at radius 1 is 1.29 bits per heavy atom. The van der Waals surface area contributed by atoms with Gasteiger partial charge in [-0.2, -0.15) is 4.37 Å². The molecular formula is C12H19N3OS. The van der Waals surface area contributed by atoms with Crippen molar-refractivity contribution in [3.8, 4) is 0 Å². The van der Waals surface area contributed by atoms with Crippen molar-refractivity contribution in [3.63, 3.8) is 0 Å². The smallest absolute Gasteiger partial charge is 0.205 e. The average molecular weight is 253 g/mol. The van der Waals surface area contributed by atoms with E-state index in [0.29, 0.717) is 18.0 Å². The Balaban J connectivity index is 1.84. The molecule has 5 heteroatoms. The third-order valence-electron chi connectivity index (χ3n) is 3.88. The lowest BCUT2D eigenvalue weighted by Gasteiger charge is -2.36. The molecule has 4 nitrogen and oxygen atoms in total. The van der Waals surface area contributed by atoms with E-state index in [1.54, 1.807) is 0 Å². The molecule has 2 bridgehead atoms. The van der Waals surface area contributed by atoms with Crippen molar-refractivity contribution in [2.45, 2.75) is 63.6 Å². The van der Waals surface area contributed by atoms with Crippen molar-refractivity contribution >= 4 is 16.7 Å². The number of aliphatic hydroxyl groups is 1. The van der Waals surface area contributed by atoms with E-state index in [9.17, 15) is 5.11 Å². The van der Waals surface area contributed by atoms with E-state index in [1.165, 1.54) is 24.4 Å². The van der Waals surface area contributed by atoms with Crippen LogP contribution in [0.3, 0.4) is 0 Å². The van der Waals surface area contributed by atoms with Crippen LogP contribution in [0.1, 0.15) is 51.3 Å². The minimum atomic E-state index is -0.110. The number of hydrogen-bond acceptors (Lipinski definition) is 5. The quantitative estimate of drug-likeness (QED) is 0.877. The number of hydrogen-bond donors (Lipinski definition) is 1. The molecule has 2 aliphatic rings. The largest absolute Gasteiger partial charge is 0.393 e. The van der Waals surface area contributed by atoms with E-state index >= 15 is 0 Å². The number of aliphatic hydroxyl groups excluding tert-OH is 1. The maximum atomic E-state index is 9.79. The molecule has 2 fully saturated rings. The molecule has 17 heavy (non-hydrogen) atoms. The number of rotatable bonds is 2. The van der Waals surface area contributed by atoms with Crippen LogP contribution in [0, 0.1) is 0 Å². The first-order valence-electron chi connectivity index (χ1n) is 6.45. The summed E-state index contributed by atoms with van der Waals surface area (Å²) in [5.74, 6) is 1.35. The second kappa shape index (κ2) is 4.21. The minimum Gasteiger partial charge on any atom is -0.393 e. The zero-order valence-electron chi connectivity index (χ0n) is 10.3. The number of nitrogens with zero attached hydrogens (tertiary/aromatic N) is 3. The van der Waals surface area contributed by atoms with E-state index in [-0.39, 0.29) is 6.10 Å². The van der Waals surface area contributed by atoms with Crippen LogP contribution in [-0.2, 0) is 0 Å². The molecule has 2 aliphatic heterocycles. The Labute approximate surface area is 106 Å². The van der Waals surface area contributed by atoms with Gasteiger partial charge < -0.3 is 10.0 Å². The number of fused-ring (bicyclic) bond motifs is 2. The van der Waals surface area contributed by atoms with Gasteiger partial charge >= 0.3 is 0 Å². The van der Waals surface area contributed by atoms with Crippen LogP contribution in [0.15, 0.2) is 0 Å². The van der Waals surface area contributed by atoms with Crippen LogP contribution in [0.25, 0.3) is 0 Å². The molecule has 94 valence electrons. The lowest BCUT2D eigenvalue weighted by atomic mass is 10.0. The predicted molar refractivity (Wildman–Crippen MR) is 68.5 cm³/mol. The van der Waals surface area contributed by atoms with Gasteiger partial charge in [0.1, 0.15) is 5.82 Å². The van der Waals surface area contributed by atoms with E-state index in [1.807, 2.05) is 0 Å². The number of aromatic nitrogens is 2. The van der Waals surface area contributed by atoms with Crippen molar-refractivity contribution < 1.29 is 5.11 Å². The van der Waals surface area contributed by atoms with Crippen LogP contribution < -0.4 is 4.90 Å². The summed E-state index contributed by atoms with van der Waals surface area (Å²) in [4.78, 5) is 7.06. The predicted octanol–water partition coefficient (Wildman–Crippen LogP) is 2.15. The second-order valence-electron chi connectivity index (χ2n) is 5.51. The first kappa shape index (κ1) is 11.4. The van der Waals surface area contributed by atoms with Gasteiger partial charge in [-0.15, -0.1) is 0 Å². The van der Waals surface area contributed by atoms with Crippen LogP contribution in [0.4, 0.5) is 5.13 Å². The number of piperidine rings is 1. The molecule has 1 aromatic heterocycles. The fourth-order valence-corrected chi connectivity index (χ4v) is 3.98. The van der Waals surface area contributed by atoms with E-state index in [2.05, 4.69) is 28.1 Å². The Bertz CT molecular complexity index is 392. The molecule has 1 aromatic rings. The van der Waals surface area contributed by atoms with Crippen LogP contribution in [-0.4, -0.2) is 32.7 Å². The highest BCUT2D eigenvalue weighted by Gasteiger charge is 2.41. The van der Waals surface area contributed by atoms with Crippen molar-refractivity contribution in [2.24, 2.45) is 0 Å². The first-order valence-corrected chi connectivity index (χ1v) is 7.22. The zero-order valence-corrected chi connectivity index (χ0v) is 11.2. The van der Waals surface area contributed by atoms with Gasteiger partial charge in [0.15, 0.2) is 0 Å². The van der Waals surface area contributed by atoms with Gasteiger partial charge in [-0.3, -0.25) is 0 Å². The topological polar surface area (TPSA) is 49.2 Å². The molecule has 0 saturated carbocycles. The molecule has 0 amide bonds. The summed E-state index contributed by atoms with van der Waals surface area (Å²) in [5.41, 5.74) is 0. The fraction of sp³-hybridized carbons (Fsp3) is 0.833. The molecule has 3 heterocycles. The zero-order chi connectivity index (χ0) is 12.0. The monoisotopic (exact) mass is 253 g/mol. The van der Waals surface area contributed by atoms with Crippen molar-refractivity contribution in [1.29, 1.82) is 0 Å². The molecule has 2 saturated heterocycles. The molecule has 1 N–H and O–H groups in total. The van der Waals surface area contributed by atoms with Crippen molar-refractivity contribution in [2.75, 3.05) is 4.90 Å². The van der Waals surface area contributed by atoms with Gasteiger partial charge in [0.2, 0.25) is 5.13 Å². The lowest BCUT2D eigenvalue weighted by Crippen LogP contribution is -2.44. The summed E-state index contributed by atoms with van der Waals surface area (Å²) in [6.07, 6.45) is 4.07. The highest BCUT2D eigenvalue weighted by atomic mass is 32.1. The second-order valence-corrected chi connectivity index (χ2v) is 6.24. The normalized spacial score (nSPS) is 32.5. The standard InChI is InChI=1S/C12H19N3OS/c1-7(2)11-13-12(17-14-11)15-8-3-4-9(15)6-10(16)5-8/h7-10,16H,3-6H2,1-2H3. The van der Waals surface area contributed by atoms with E-state index < -0.39 is 0 Å². The third-order valence-corrected chi connectivity index (χ3v) is 4.62. The van der Waals surface area contributed by atoms with Crippen LogP contribution in [0.2, 0.25) is 0 Å². The molecule has 0 aliphatic carbocycles. The van der Waals surface area contributed by atoms with Gasteiger partial charge in [0.25, 0.3) is 0 Å². The van der Waals surface area contributed by atoms with Gasteiger partial charge in [-0.25, -0.2) is 4.98 Å². The highest BCUT2D eigenvalue weighted by Crippen LogP contribution is 2.40. The van der Waals surface area contributed by atoms with Gasteiger partial charge in [0, 0.05) is 29.5 Å². The summed E-state index contributed by atoms with van der Waals surface area (Å²) in [5, 5.41) is 10.9. The highest BCUT2D eigenvalue weighted by molar-refractivity contribution is 7.09. The molecule has 2 atom stereocenters. The Kier molecular flexibility index (Phi) is 2.83. The van der Waals surface area contributed by atoms with E-state index in [0.717, 1.165) is 23.8 Å². The molecule has 0 spiro atoms. The van der Waals surface area contributed by atoms with Crippen molar-refractivity contribution in [3.05, 3.63) is 5.82 Å². The molecule has 3 rings (SSSR count). The minimum absolute atomic E-state index is 0.110. The lowest BCUT2D eigenvalue weighted by molar-refractivity contribution is 0.126. The van der Waals surface area contributed by atoms with E-state index in [4.69, 9.17) is 0 Å². The Morgan fingerprint density at radius 2 is 1.94 bits per heavy atom. The Morgan fingerprint density at radius 3 is 2.47 bits per heavy atom. The summed E-state index contributed by atoms with van der Waals surface area (Å²) in [7, 11) is 0.